The molecule has 20 heavy (non-hydrogen) atoms. The second-order valence-corrected chi connectivity index (χ2v) is 5.21. The summed E-state index contributed by atoms with van der Waals surface area (Å²) in [6, 6.07) is 1.55. The molecule has 1 fully saturated rings. The van der Waals surface area contributed by atoms with Crippen LogP contribution in [-0.4, -0.2) is 66.0 Å². The Hall–Kier alpha value is -1.73. The second-order valence-electron chi connectivity index (χ2n) is 5.21. The molecule has 0 aliphatic carbocycles. The minimum atomic E-state index is -0.391. The number of pyridine rings is 1. The number of aryl methyl sites for hydroxylation is 1. The van der Waals surface area contributed by atoms with Gasteiger partial charge in [0.15, 0.2) is 0 Å². The van der Waals surface area contributed by atoms with Crippen LogP contribution in [0.25, 0.3) is 0 Å². The lowest BCUT2D eigenvalue weighted by Crippen LogP contribution is -2.45. The largest absolute Gasteiger partial charge is 0.363 e. The predicted octanol–water partition coefficient (Wildman–Crippen LogP) is 0.958. The summed E-state index contributed by atoms with van der Waals surface area (Å²) in [6.07, 6.45) is 1.64. The third-order valence-corrected chi connectivity index (χ3v) is 3.52. The van der Waals surface area contributed by atoms with E-state index in [1.807, 2.05) is 0 Å². The van der Waals surface area contributed by atoms with Gasteiger partial charge in [0, 0.05) is 51.5 Å². The summed E-state index contributed by atoms with van der Waals surface area (Å²) in [5.74, 6) is 0.356. The Morgan fingerprint density at radius 1 is 1.40 bits per heavy atom. The van der Waals surface area contributed by atoms with Crippen molar-refractivity contribution in [2.24, 2.45) is 0 Å². The van der Waals surface area contributed by atoms with E-state index in [0.29, 0.717) is 12.4 Å². The van der Waals surface area contributed by atoms with E-state index in [0.717, 1.165) is 38.3 Å². The number of piperazine rings is 1. The quantitative estimate of drug-likeness (QED) is 0.639. The van der Waals surface area contributed by atoms with Crippen molar-refractivity contribution in [3.63, 3.8) is 0 Å². The van der Waals surface area contributed by atoms with E-state index in [1.54, 1.807) is 19.2 Å². The Bertz CT molecular complexity index is 472. The van der Waals surface area contributed by atoms with Crippen molar-refractivity contribution in [2.45, 2.75) is 6.92 Å². The Balaban J connectivity index is 1.86. The molecule has 7 nitrogen and oxygen atoms in total. The summed E-state index contributed by atoms with van der Waals surface area (Å²) in [5, 5.41) is 14.1. The maximum absolute atomic E-state index is 11.0. The summed E-state index contributed by atoms with van der Waals surface area (Å²) in [7, 11) is 2.12. The first kappa shape index (κ1) is 14.7. The van der Waals surface area contributed by atoms with Gasteiger partial charge in [-0.1, -0.05) is 0 Å². The van der Waals surface area contributed by atoms with Gasteiger partial charge in [-0.25, -0.2) is 4.98 Å². The maximum atomic E-state index is 11.0. The number of nitro groups is 1. The van der Waals surface area contributed by atoms with Crippen molar-refractivity contribution in [2.75, 3.05) is 51.6 Å². The number of nitrogens with zero attached hydrogens (tertiary/aromatic N) is 4. The van der Waals surface area contributed by atoms with Crippen molar-refractivity contribution in [3.05, 3.63) is 27.9 Å². The molecule has 2 rings (SSSR count). The van der Waals surface area contributed by atoms with Gasteiger partial charge in [0.25, 0.3) is 0 Å². The van der Waals surface area contributed by atoms with Gasteiger partial charge in [-0.2, -0.15) is 0 Å². The van der Waals surface area contributed by atoms with E-state index in [-0.39, 0.29) is 5.69 Å². The fourth-order valence-corrected chi connectivity index (χ4v) is 2.23. The van der Waals surface area contributed by atoms with Gasteiger partial charge in [-0.3, -0.25) is 15.0 Å². The molecule has 0 atom stereocenters. The van der Waals surface area contributed by atoms with Gasteiger partial charge in [0.2, 0.25) is 5.82 Å². The topological polar surface area (TPSA) is 74.5 Å². The highest BCUT2D eigenvalue weighted by atomic mass is 16.6. The molecular weight excluding hydrogens is 258 g/mol. The molecule has 0 unspecified atom stereocenters. The zero-order valence-electron chi connectivity index (χ0n) is 12.0. The van der Waals surface area contributed by atoms with Crippen molar-refractivity contribution in [1.82, 2.24) is 14.8 Å². The van der Waals surface area contributed by atoms with Crippen molar-refractivity contribution in [1.29, 1.82) is 0 Å². The average Bonchev–Trinajstić information content (AvgIpc) is 2.42. The fraction of sp³-hybridized carbons (Fsp3) is 0.615. The molecule has 2 heterocycles. The molecule has 1 N–H and O–H groups in total. The van der Waals surface area contributed by atoms with Crippen LogP contribution in [0.1, 0.15) is 5.56 Å². The molecule has 0 bridgehead atoms. The molecule has 1 aliphatic rings. The number of hydrogen-bond acceptors (Lipinski definition) is 6. The van der Waals surface area contributed by atoms with E-state index in [2.05, 4.69) is 27.1 Å². The highest BCUT2D eigenvalue weighted by Crippen LogP contribution is 2.22. The van der Waals surface area contributed by atoms with E-state index < -0.39 is 4.92 Å². The van der Waals surface area contributed by atoms with E-state index in [4.69, 9.17) is 0 Å². The van der Waals surface area contributed by atoms with Gasteiger partial charge in [-0.05, 0) is 19.5 Å². The summed E-state index contributed by atoms with van der Waals surface area (Å²) in [4.78, 5) is 19.4. The summed E-state index contributed by atoms with van der Waals surface area (Å²) in [5.41, 5.74) is 0.838. The van der Waals surface area contributed by atoms with Gasteiger partial charge in [0.05, 0.1) is 4.92 Å². The maximum Gasteiger partial charge on any atom is 0.311 e. The monoisotopic (exact) mass is 279 g/mol. The molecule has 0 radical (unpaired) electrons. The Kier molecular flexibility index (Phi) is 4.86. The van der Waals surface area contributed by atoms with Crippen LogP contribution in [0.3, 0.4) is 0 Å². The number of aromatic nitrogens is 1. The summed E-state index contributed by atoms with van der Waals surface area (Å²) in [6.45, 7) is 7.57. The normalized spacial score (nSPS) is 17.1. The smallest absolute Gasteiger partial charge is 0.311 e. The zero-order chi connectivity index (χ0) is 14.5. The second kappa shape index (κ2) is 6.62. The summed E-state index contributed by atoms with van der Waals surface area (Å²) < 4.78 is 0. The van der Waals surface area contributed by atoms with Crippen LogP contribution in [0.4, 0.5) is 11.5 Å². The SMILES string of the molecule is Cc1cnc(NCCN2CCN(C)CC2)c([N+](=O)[O-])c1. The molecule has 1 aromatic rings. The van der Waals surface area contributed by atoms with Gasteiger partial charge >= 0.3 is 5.69 Å². The Morgan fingerprint density at radius 3 is 2.75 bits per heavy atom. The highest BCUT2D eigenvalue weighted by molar-refractivity contribution is 5.56. The van der Waals surface area contributed by atoms with Crippen molar-refractivity contribution < 1.29 is 4.92 Å². The molecule has 0 aromatic carbocycles. The van der Waals surface area contributed by atoms with E-state index in [1.165, 1.54) is 0 Å². The standard InChI is InChI=1S/C13H21N5O2/c1-11-9-12(18(19)20)13(15-10-11)14-3-4-17-7-5-16(2)6-8-17/h9-10H,3-8H2,1-2H3,(H,14,15). The third-order valence-electron chi connectivity index (χ3n) is 3.52. The molecule has 0 saturated carbocycles. The number of hydrogen-bond donors (Lipinski definition) is 1. The number of rotatable bonds is 5. The van der Waals surface area contributed by atoms with Crippen LogP contribution >= 0.6 is 0 Å². The predicted molar refractivity (Wildman–Crippen MR) is 78.1 cm³/mol. The molecule has 1 aliphatic heterocycles. The minimum absolute atomic E-state index is 0.0448. The zero-order valence-corrected chi connectivity index (χ0v) is 12.0. The first-order valence-electron chi connectivity index (χ1n) is 6.82. The first-order valence-corrected chi connectivity index (χ1v) is 6.82. The average molecular weight is 279 g/mol. The number of nitrogens with one attached hydrogen (secondary N) is 1. The van der Waals surface area contributed by atoms with Gasteiger partial charge in [0.1, 0.15) is 0 Å². The van der Waals surface area contributed by atoms with Crippen LogP contribution in [0.5, 0.6) is 0 Å². The fourth-order valence-electron chi connectivity index (χ4n) is 2.23. The van der Waals surface area contributed by atoms with Crippen LogP contribution in [0, 0.1) is 17.0 Å². The summed E-state index contributed by atoms with van der Waals surface area (Å²) >= 11 is 0. The van der Waals surface area contributed by atoms with E-state index in [9.17, 15) is 10.1 Å². The third kappa shape index (κ3) is 3.88. The Morgan fingerprint density at radius 2 is 2.10 bits per heavy atom. The molecule has 1 saturated heterocycles. The van der Waals surface area contributed by atoms with Crippen LogP contribution in [-0.2, 0) is 0 Å². The van der Waals surface area contributed by atoms with Crippen molar-refractivity contribution in [3.8, 4) is 0 Å². The lowest BCUT2D eigenvalue weighted by Gasteiger charge is -2.32. The molecular formula is C13H21N5O2. The molecule has 1 aromatic heterocycles. The van der Waals surface area contributed by atoms with Gasteiger partial charge < -0.3 is 10.2 Å². The minimum Gasteiger partial charge on any atom is -0.363 e. The molecule has 0 amide bonds. The molecule has 7 heteroatoms. The Labute approximate surface area is 118 Å². The molecule has 110 valence electrons. The van der Waals surface area contributed by atoms with Crippen LogP contribution in [0.15, 0.2) is 12.3 Å². The van der Waals surface area contributed by atoms with Crippen LogP contribution in [0.2, 0.25) is 0 Å². The molecule has 0 spiro atoms. The van der Waals surface area contributed by atoms with E-state index >= 15 is 0 Å². The number of anilines is 1. The van der Waals surface area contributed by atoms with Crippen molar-refractivity contribution >= 4 is 11.5 Å². The number of likely N-dealkylation sites (N-methyl/N-ethyl adjacent to an activating group) is 1. The highest BCUT2D eigenvalue weighted by Gasteiger charge is 2.16. The lowest BCUT2D eigenvalue weighted by molar-refractivity contribution is -0.384. The lowest BCUT2D eigenvalue weighted by atomic mass is 10.3. The van der Waals surface area contributed by atoms with Crippen LogP contribution < -0.4 is 5.32 Å². The van der Waals surface area contributed by atoms with Gasteiger partial charge in [-0.15, -0.1) is 0 Å². The first-order chi connectivity index (χ1) is 9.56.